The minimum atomic E-state index is -0.699. The van der Waals surface area contributed by atoms with Crippen LogP contribution in [-0.4, -0.2) is 25.0 Å². The Hall–Kier alpha value is -2.75. The molecule has 0 aliphatic rings. The molecule has 7 heteroatoms. The highest BCUT2D eigenvalue weighted by Gasteiger charge is 2.11. The Balaban J connectivity index is 2.70. The molecule has 7 nitrogen and oxygen atoms in total. The maximum atomic E-state index is 11.2. The van der Waals surface area contributed by atoms with E-state index in [2.05, 4.69) is 5.32 Å². The van der Waals surface area contributed by atoms with Crippen LogP contribution in [0.1, 0.15) is 10.4 Å². The molecule has 2 amide bonds. The highest BCUT2D eigenvalue weighted by Crippen LogP contribution is 2.20. The van der Waals surface area contributed by atoms with E-state index < -0.39 is 11.8 Å². The van der Waals surface area contributed by atoms with E-state index in [-0.39, 0.29) is 24.5 Å². The summed E-state index contributed by atoms with van der Waals surface area (Å²) >= 11 is 0. The summed E-state index contributed by atoms with van der Waals surface area (Å²) in [4.78, 5) is 22.3. The first kappa shape index (κ1) is 13.3. The molecular weight excluding hydrogens is 236 g/mol. The number of carbonyl (C=O) groups excluding carboxylic acids is 2. The van der Waals surface area contributed by atoms with Gasteiger partial charge in [-0.1, -0.05) is 0 Å². The van der Waals surface area contributed by atoms with Gasteiger partial charge in [0.2, 0.25) is 0 Å². The number of nitrogen functional groups attached to an aromatic ring is 1. The molecular formula is C11H12N4O3. The lowest BCUT2D eigenvalue weighted by Crippen LogP contribution is -2.29. The maximum Gasteiger partial charge on any atom is 0.258 e. The average Bonchev–Trinajstić information content (AvgIpc) is 2.34. The molecule has 0 atom stereocenters. The summed E-state index contributed by atoms with van der Waals surface area (Å²) in [6.45, 7) is -0.418. The van der Waals surface area contributed by atoms with E-state index in [1.807, 2.05) is 0 Å². The SMILES string of the molecule is N#CCNC(=O)COc1ccc(N)cc1C(N)=O. The lowest BCUT2D eigenvalue weighted by atomic mass is 10.1. The topological polar surface area (TPSA) is 131 Å². The number of nitriles is 1. The van der Waals surface area contributed by atoms with E-state index in [1.165, 1.54) is 18.2 Å². The van der Waals surface area contributed by atoms with Crippen molar-refractivity contribution in [1.29, 1.82) is 5.26 Å². The van der Waals surface area contributed by atoms with E-state index in [9.17, 15) is 9.59 Å². The van der Waals surface area contributed by atoms with Crippen LogP contribution in [0.25, 0.3) is 0 Å². The molecule has 94 valence electrons. The number of rotatable bonds is 5. The molecule has 0 fully saturated rings. The van der Waals surface area contributed by atoms with Gasteiger partial charge in [0.25, 0.3) is 11.8 Å². The number of amides is 2. The van der Waals surface area contributed by atoms with Crippen LogP contribution in [0.15, 0.2) is 18.2 Å². The van der Waals surface area contributed by atoms with Crippen molar-refractivity contribution >= 4 is 17.5 Å². The number of carbonyl (C=O) groups is 2. The molecule has 0 aliphatic carbocycles. The quantitative estimate of drug-likeness (QED) is 0.472. The number of anilines is 1. The van der Waals surface area contributed by atoms with Crippen molar-refractivity contribution in [2.45, 2.75) is 0 Å². The number of hydrogen-bond acceptors (Lipinski definition) is 5. The van der Waals surface area contributed by atoms with Gasteiger partial charge in [-0.2, -0.15) is 5.26 Å². The van der Waals surface area contributed by atoms with Crippen molar-refractivity contribution in [2.75, 3.05) is 18.9 Å². The summed E-state index contributed by atoms with van der Waals surface area (Å²) in [5.41, 5.74) is 11.1. The third-order valence-electron chi connectivity index (χ3n) is 1.99. The minimum absolute atomic E-state index is 0.100. The van der Waals surface area contributed by atoms with Gasteiger partial charge in [0, 0.05) is 5.69 Å². The van der Waals surface area contributed by atoms with E-state index in [0.29, 0.717) is 5.69 Å². The molecule has 0 aliphatic heterocycles. The fourth-order valence-corrected chi connectivity index (χ4v) is 1.20. The van der Waals surface area contributed by atoms with Gasteiger partial charge in [-0.3, -0.25) is 9.59 Å². The van der Waals surface area contributed by atoms with Crippen molar-refractivity contribution in [2.24, 2.45) is 5.73 Å². The van der Waals surface area contributed by atoms with Crippen molar-refractivity contribution < 1.29 is 14.3 Å². The molecule has 1 aromatic carbocycles. The Labute approximate surface area is 103 Å². The summed E-state index contributed by atoms with van der Waals surface area (Å²) in [6.07, 6.45) is 0. The van der Waals surface area contributed by atoms with Crippen LogP contribution in [0, 0.1) is 11.3 Å². The maximum absolute atomic E-state index is 11.2. The van der Waals surface area contributed by atoms with Gasteiger partial charge >= 0.3 is 0 Å². The van der Waals surface area contributed by atoms with Gasteiger partial charge in [-0.05, 0) is 18.2 Å². The number of benzene rings is 1. The Morgan fingerprint density at radius 1 is 1.44 bits per heavy atom. The molecule has 1 aromatic rings. The lowest BCUT2D eigenvalue weighted by Gasteiger charge is -2.09. The Bertz CT molecular complexity index is 508. The van der Waals surface area contributed by atoms with Crippen LogP contribution in [0.5, 0.6) is 5.75 Å². The first-order valence-corrected chi connectivity index (χ1v) is 5.00. The van der Waals surface area contributed by atoms with Gasteiger partial charge < -0.3 is 21.5 Å². The molecule has 0 unspecified atom stereocenters. The number of hydrogen-bond donors (Lipinski definition) is 3. The van der Waals surface area contributed by atoms with Crippen LogP contribution in [-0.2, 0) is 4.79 Å². The minimum Gasteiger partial charge on any atom is -0.483 e. The second kappa shape index (κ2) is 6.10. The third kappa shape index (κ3) is 3.68. The Morgan fingerprint density at radius 2 is 2.17 bits per heavy atom. The molecule has 5 N–H and O–H groups in total. The zero-order valence-corrected chi connectivity index (χ0v) is 9.47. The summed E-state index contributed by atoms with van der Waals surface area (Å²) in [5, 5.41) is 10.6. The van der Waals surface area contributed by atoms with Crippen LogP contribution in [0.4, 0.5) is 5.69 Å². The van der Waals surface area contributed by atoms with Gasteiger partial charge in [-0.25, -0.2) is 0 Å². The van der Waals surface area contributed by atoms with Crippen LogP contribution in [0.2, 0.25) is 0 Å². The second-order valence-corrected chi connectivity index (χ2v) is 3.34. The van der Waals surface area contributed by atoms with Crippen LogP contribution in [0.3, 0.4) is 0 Å². The van der Waals surface area contributed by atoms with E-state index in [1.54, 1.807) is 6.07 Å². The first-order chi connectivity index (χ1) is 8.54. The smallest absolute Gasteiger partial charge is 0.258 e. The van der Waals surface area contributed by atoms with Crippen molar-refractivity contribution in [3.63, 3.8) is 0 Å². The van der Waals surface area contributed by atoms with Crippen LogP contribution >= 0.6 is 0 Å². The van der Waals surface area contributed by atoms with Gasteiger partial charge in [0.15, 0.2) is 6.61 Å². The number of nitrogens with one attached hydrogen (secondary N) is 1. The fraction of sp³-hybridized carbons (Fsp3) is 0.182. The van der Waals surface area contributed by atoms with Crippen molar-refractivity contribution in [1.82, 2.24) is 5.32 Å². The predicted octanol–water partition coefficient (Wildman–Crippen LogP) is -0.614. The van der Waals surface area contributed by atoms with E-state index >= 15 is 0 Å². The Morgan fingerprint density at radius 3 is 2.78 bits per heavy atom. The largest absolute Gasteiger partial charge is 0.483 e. The first-order valence-electron chi connectivity index (χ1n) is 5.00. The molecule has 0 heterocycles. The summed E-state index contributed by atoms with van der Waals surface area (Å²) in [6, 6.07) is 6.10. The predicted molar refractivity (Wildman–Crippen MR) is 63.5 cm³/mol. The lowest BCUT2D eigenvalue weighted by molar-refractivity contribution is -0.122. The second-order valence-electron chi connectivity index (χ2n) is 3.34. The average molecular weight is 248 g/mol. The highest BCUT2D eigenvalue weighted by atomic mass is 16.5. The van der Waals surface area contributed by atoms with Gasteiger partial charge in [0.1, 0.15) is 12.3 Å². The van der Waals surface area contributed by atoms with E-state index in [0.717, 1.165) is 0 Å². The summed E-state index contributed by atoms with van der Waals surface area (Å²) in [7, 11) is 0. The number of nitrogens with zero attached hydrogens (tertiary/aromatic N) is 1. The number of ether oxygens (including phenoxy) is 1. The standard InChI is InChI=1S/C11H12N4O3/c12-3-4-15-10(16)6-18-9-2-1-7(13)5-8(9)11(14)17/h1-2,5H,4,6,13H2,(H2,14,17)(H,15,16). The molecule has 0 saturated heterocycles. The zero-order chi connectivity index (χ0) is 13.5. The monoisotopic (exact) mass is 248 g/mol. The molecule has 0 radical (unpaired) electrons. The molecule has 0 aromatic heterocycles. The Kier molecular flexibility index (Phi) is 4.51. The molecule has 0 bridgehead atoms. The van der Waals surface area contributed by atoms with Gasteiger partial charge in [0.05, 0.1) is 11.6 Å². The molecule has 1 rings (SSSR count). The zero-order valence-electron chi connectivity index (χ0n) is 9.47. The highest BCUT2D eigenvalue weighted by molar-refractivity contribution is 5.96. The van der Waals surface area contributed by atoms with Crippen molar-refractivity contribution in [3.8, 4) is 11.8 Å². The molecule has 0 saturated carbocycles. The van der Waals surface area contributed by atoms with E-state index in [4.69, 9.17) is 21.5 Å². The molecule has 18 heavy (non-hydrogen) atoms. The van der Waals surface area contributed by atoms with Crippen molar-refractivity contribution in [3.05, 3.63) is 23.8 Å². The summed E-state index contributed by atoms with van der Waals surface area (Å²) < 4.78 is 5.13. The normalized spacial score (nSPS) is 9.28. The third-order valence-corrected chi connectivity index (χ3v) is 1.99. The fourth-order valence-electron chi connectivity index (χ4n) is 1.20. The number of primary amides is 1. The summed E-state index contributed by atoms with van der Waals surface area (Å²) in [5.74, 6) is -0.998. The number of nitrogens with two attached hydrogens (primary N) is 2. The van der Waals surface area contributed by atoms with Gasteiger partial charge in [-0.15, -0.1) is 0 Å². The molecule has 0 spiro atoms. The van der Waals surface area contributed by atoms with Crippen LogP contribution < -0.4 is 21.5 Å².